The summed E-state index contributed by atoms with van der Waals surface area (Å²) >= 11 is 0. The molecule has 0 saturated heterocycles. The van der Waals surface area contributed by atoms with Gasteiger partial charge in [0.1, 0.15) is 11.2 Å². The third-order valence-electron chi connectivity index (χ3n) is 7.43. The van der Waals surface area contributed by atoms with Crippen LogP contribution in [0.4, 0.5) is 0 Å². The third-order valence-corrected chi connectivity index (χ3v) is 7.43. The first-order chi connectivity index (χ1) is 16.7. The number of fused-ring (bicyclic) bond motifs is 6. The molecule has 4 nitrogen and oxygen atoms in total. The molecule has 0 atom stereocenters. The standard InChI is InChI=1S/C30H28BNO3/c1-29(2,33)30(3,4)35-31-19-13-15-26-23(17-19)21-9-5-7-11-25(21)32(26)20-14-16-28-24(18-20)22-10-6-8-12-27(22)34-28/h5-18,31,33H,1-4H3. The van der Waals surface area contributed by atoms with Crippen LogP contribution in [-0.2, 0) is 4.65 Å². The SMILES string of the molecule is CC(C)(O)C(C)(C)OBc1ccc2c(c1)c1ccccc1n2-c1ccc2oc3ccccc3c2c1. The van der Waals surface area contributed by atoms with Crippen molar-refractivity contribution in [2.45, 2.75) is 38.9 Å². The van der Waals surface area contributed by atoms with Crippen molar-refractivity contribution in [3.8, 4) is 5.69 Å². The molecule has 5 heteroatoms. The minimum Gasteiger partial charge on any atom is -0.456 e. The number of rotatable bonds is 5. The molecule has 0 aliphatic carbocycles. The van der Waals surface area contributed by atoms with Gasteiger partial charge in [-0.2, -0.15) is 0 Å². The van der Waals surface area contributed by atoms with E-state index >= 15 is 0 Å². The molecular weight excluding hydrogens is 433 g/mol. The highest BCUT2D eigenvalue weighted by atomic mass is 16.5. The Kier molecular flexibility index (Phi) is 4.86. The molecule has 0 amide bonds. The molecule has 0 aliphatic heterocycles. The van der Waals surface area contributed by atoms with Crippen molar-refractivity contribution in [1.82, 2.24) is 4.57 Å². The van der Waals surface area contributed by atoms with Crippen LogP contribution in [0.3, 0.4) is 0 Å². The maximum atomic E-state index is 10.5. The van der Waals surface area contributed by atoms with Crippen LogP contribution in [0.5, 0.6) is 0 Å². The fraction of sp³-hybridized carbons (Fsp3) is 0.200. The summed E-state index contributed by atoms with van der Waals surface area (Å²) in [6, 6.07) is 29.6. The van der Waals surface area contributed by atoms with Crippen LogP contribution in [-0.4, -0.2) is 28.4 Å². The zero-order valence-electron chi connectivity index (χ0n) is 20.5. The summed E-state index contributed by atoms with van der Waals surface area (Å²) < 4.78 is 14.5. The average Bonchev–Trinajstić information content (AvgIpc) is 3.37. The molecule has 0 spiro atoms. The van der Waals surface area contributed by atoms with Gasteiger partial charge in [0.25, 0.3) is 0 Å². The van der Waals surface area contributed by atoms with Gasteiger partial charge in [-0.1, -0.05) is 54.0 Å². The second-order valence-electron chi connectivity index (χ2n) is 10.3. The van der Waals surface area contributed by atoms with E-state index in [2.05, 4.69) is 71.3 Å². The number of hydrogen-bond acceptors (Lipinski definition) is 3. The van der Waals surface area contributed by atoms with Gasteiger partial charge in [-0.3, -0.25) is 0 Å². The van der Waals surface area contributed by atoms with E-state index in [0.29, 0.717) is 7.48 Å². The summed E-state index contributed by atoms with van der Waals surface area (Å²) in [4.78, 5) is 0. The molecule has 1 N–H and O–H groups in total. The van der Waals surface area contributed by atoms with Gasteiger partial charge in [0.15, 0.2) is 0 Å². The van der Waals surface area contributed by atoms with Gasteiger partial charge in [0.2, 0.25) is 0 Å². The van der Waals surface area contributed by atoms with Gasteiger partial charge in [0.05, 0.1) is 22.2 Å². The maximum absolute atomic E-state index is 10.5. The lowest BCUT2D eigenvalue weighted by Crippen LogP contribution is -2.49. The van der Waals surface area contributed by atoms with E-state index < -0.39 is 11.2 Å². The first-order valence-corrected chi connectivity index (χ1v) is 12.0. The number of hydrogen-bond donors (Lipinski definition) is 1. The molecule has 0 unspecified atom stereocenters. The van der Waals surface area contributed by atoms with Crippen molar-refractivity contribution < 1.29 is 14.2 Å². The van der Waals surface area contributed by atoms with Crippen LogP contribution in [0.25, 0.3) is 49.4 Å². The van der Waals surface area contributed by atoms with Crippen molar-refractivity contribution in [3.63, 3.8) is 0 Å². The number of benzene rings is 4. The van der Waals surface area contributed by atoms with Crippen molar-refractivity contribution in [2.24, 2.45) is 0 Å². The number of aliphatic hydroxyl groups is 1. The molecule has 0 fully saturated rings. The Hall–Kier alpha value is -3.54. The fourth-order valence-electron chi connectivity index (χ4n) is 4.68. The number of furan rings is 1. The summed E-state index contributed by atoms with van der Waals surface area (Å²) in [7, 11) is 0.430. The second-order valence-corrected chi connectivity index (χ2v) is 10.3. The first kappa shape index (κ1) is 22.0. The van der Waals surface area contributed by atoms with Crippen LogP contribution in [0.15, 0.2) is 89.3 Å². The third kappa shape index (κ3) is 3.54. The van der Waals surface area contributed by atoms with E-state index in [-0.39, 0.29) is 0 Å². The molecule has 174 valence electrons. The Morgan fingerprint density at radius 2 is 1.40 bits per heavy atom. The molecule has 6 rings (SSSR count). The minimum absolute atomic E-state index is 0.430. The summed E-state index contributed by atoms with van der Waals surface area (Å²) in [6.45, 7) is 7.41. The topological polar surface area (TPSA) is 47.5 Å². The van der Waals surface area contributed by atoms with Crippen LogP contribution in [0.1, 0.15) is 27.7 Å². The smallest absolute Gasteiger partial charge is 0.309 e. The predicted octanol–water partition coefficient (Wildman–Crippen LogP) is 6.23. The Morgan fingerprint density at radius 3 is 2.20 bits per heavy atom. The number of para-hydroxylation sites is 2. The molecule has 0 saturated carbocycles. The normalized spacial score (nSPS) is 12.8. The van der Waals surface area contributed by atoms with Gasteiger partial charge in [-0.15, -0.1) is 0 Å². The number of aromatic nitrogens is 1. The Balaban J connectivity index is 1.49. The Morgan fingerprint density at radius 1 is 0.714 bits per heavy atom. The average molecular weight is 461 g/mol. The highest BCUT2D eigenvalue weighted by Crippen LogP contribution is 2.35. The summed E-state index contributed by atoms with van der Waals surface area (Å²) in [6.07, 6.45) is 0. The molecule has 0 radical (unpaired) electrons. The molecule has 6 aromatic rings. The van der Waals surface area contributed by atoms with E-state index in [0.717, 1.165) is 44.1 Å². The molecular formula is C30H28BNO3. The Bertz CT molecular complexity index is 1720. The van der Waals surface area contributed by atoms with E-state index in [9.17, 15) is 5.11 Å². The molecule has 0 aliphatic rings. The van der Waals surface area contributed by atoms with Crippen molar-refractivity contribution in [3.05, 3.63) is 84.9 Å². The first-order valence-electron chi connectivity index (χ1n) is 12.0. The van der Waals surface area contributed by atoms with Crippen molar-refractivity contribution in [1.29, 1.82) is 0 Å². The lowest BCUT2D eigenvalue weighted by Gasteiger charge is -2.37. The van der Waals surface area contributed by atoms with Gasteiger partial charge >= 0.3 is 7.48 Å². The minimum atomic E-state index is -0.941. The van der Waals surface area contributed by atoms with E-state index in [1.165, 1.54) is 10.8 Å². The predicted molar refractivity (Wildman–Crippen MR) is 146 cm³/mol. The van der Waals surface area contributed by atoms with Gasteiger partial charge in [0, 0.05) is 27.2 Å². The Labute approximate surface area is 205 Å². The molecule has 0 bridgehead atoms. The zero-order valence-corrected chi connectivity index (χ0v) is 20.5. The monoisotopic (exact) mass is 461 g/mol. The summed E-state index contributed by atoms with van der Waals surface area (Å²) in [5.41, 5.74) is 4.66. The van der Waals surface area contributed by atoms with Gasteiger partial charge in [-0.25, -0.2) is 0 Å². The lowest BCUT2D eigenvalue weighted by molar-refractivity contribution is -0.0893. The summed E-state index contributed by atoms with van der Waals surface area (Å²) in [5.74, 6) is 0. The van der Waals surface area contributed by atoms with Crippen LogP contribution in [0.2, 0.25) is 0 Å². The zero-order chi connectivity index (χ0) is 24.4. The van der Waals surface area contributed by atoms with Crippen molar-refractivity contribution >= 4 is 56.7 Å². The molecule has 2 heterocycles. The fourth-order valence-corrected chi connectivity index (χ4v) is 4.68. The maximum Gasteiger partial charge on any atom is 0.309 e. The van der Waals surface area contributed by atoms with E-state index in [1.807, 2.05) is 32.0 Å². The van der Waals surface area contributed by atoms with Gasteiger partial charge < -0.3 is 18.7 Å². The molecule has 4 aromatic carbocycles. The van der Waals surface area contributed by atoms with Crippen molar-refractivity contribution in [2.75, 3.05) is 0 Å². The number of nitrogens with zero attached hydrogens (tertiary/aromatic N) is 1. The lowest BCUT2D eigenvalue weighted by atomic mass is 9.82. The highest BCUT2D eigenvalue weighted by molar-refractivity contribution is 6.47. The molecule has 35 heavy (non-hydrogen) atoms. The second kappa shape index (κ2) is 7.74. The van der Waals surface area contributed by atoms with Crippen LogP contribution >= 0.6 is 0 Å². The van der Waals surface area contributed by atoms with E-state index in [4.69, 9.17) is 9.07 Å². The largest absolute Gasteiger partial charge is 0.456 e. The van der Waals surface area contributed by atoms with Crippen LogP contribution in [0, 0.1) is 0 Å². The highest BCUT2D eigenvalue weighted by Gasteiger charge is 2.35. The summed E-state index contributed by atoms with van der Waals surface area (Å²) in [5, 5.41) is 15.1. The molecule has 2 aromatic heterocycles. The van der Waals surface area contributed by atoms with Crippen LogP contribution < -0.4 is 5.46 Å². The van der Waals surface area contributed by atoms with Gasteiger partial charge in [-0.05, 0) is 64.1 Å². The quantitative estimate of drug-likeness (QED) is 0.310. The van der Waals surface area contributed by atoms with E-state index in [1.54, 1.807) is 13.8 Å².